The van der Waals surface area contributed by atoms with Crippen molar-refractivity contribution in [2.24, 2.45) is 0 Å². The van der Waals surface area contributed by atoms with Gasteiger partial charge in [-0.25, -0.2) is 0 Å². The topological polar surface area (TPSA) is 34.2 Å². The van der Waals surface area contributed by atoms with E-state index in [1.54, 1.807) is 48.5 Å². The molecule has 0 amide bonds. The van der Waals surface area contributed by atoms with Gasteiger partial charge in [0.25, 0.3) is 0 Å². The highest BCUT2D eigenvalue weighted by Crippen LogP contribution is 2.32. The number of likely N-dealkylation sites (tertiary alicyclic amines) is 2. The van der Waals surface area contributed by atoms with Crippen molar-refractivity contribution in [3.63, 3.8) is 0 Å². The van der Waals surface area contributed by atoms with E-state index in [0.717, 1.165) is 0 Å². The van der Waals surface area contributed by atoms with Gasteiger partial charge in [0.05, 0.1) is 0 Å². The summed E-state index contributed by atoms with van der Waals surface area (Å²) in [6.45, 7) is -0.597. The van der Waals surface area contributed by atoms with Crippen LogP contribution >= 0.6 is 23.2 Å². The molecule has 2 aromatic rings. The molecule has 0 saturated carbocycles. The molecule has 4 atom stereocenters. The minimum atomic E-state index is -4.99. The average Bonchev–Trinajstić information content (AvgIpc) is 2.90. The molecular weight excluding hydrogens is 597 g/mol. The summed E-state index contributed by atoms with van der Waals surface area (Å²) in [5.41, 5.74) is 0. The molecule has 41 heavy (non-hydrogen) atoms. The number of alkyl halides is 6. The monoisotopic (exact) mass is 628 g/mol. The summed E-state index contributed by atoms with van der Waals surface area (Å²) in [7, 11) is 0. The van der Waals surface area contributed by atoms with Crippen molar-refractivity contribution in [3.05, 3.63) is 58.6 Å². The van der Waals surface area contributed by atoms with E-state index in [4.69, 9.17) is 37.4 Å². The Morgan fingerprint density at radius 3 is 1.37 bits per heavy atom. The Labute approximate surface area is 245 Å². The molecule has 0 aromatic heterocycles. The molecule has 13 heteroatoms. The van der Waals surface area contributed by atoms with Gasteiger partial charge in [0, 0.05) is 36.2 Å². The molecule has 228 valence electrons. The summed E-state index contributed by atoms with van der Waals surface area (Å²) in [4.78, 5) is 2.90. The molecule has 0 radical (unpaired) electrons. The second kappa shape index (κ2) is 14.0. The Hall–Kier alpha value is -1.92. The van der Waals surface area contributed by atoms with E-state index < -0.39 is 49.9 Å². The SMILES string of the molecule is FC(F)(F)[C@H](CN1CCCC(Oc2ccc(Cl)cc2)C1)O[C@@H](CN1CCCC(Oc2ccc(Cl)cc2)C1)C(F)(F)F. The van der Waals surface area contributed by atoms with Crippen molar-refractivity contribution in [1.82, 2.24) is 9.80 Å². The summed E-state index contributed by atoms with van der Waals surface area (Å²) < 4.78 is 101. The van der Waals surface area contributed by atoms with Crippen LogP contribution in [0.3, 0.4) is 0 Å². The van der Waals surface area contributed by atoms with Gasteiger partial charge in [0.15, 0.2) is 12.2 Å². The summed E-state index contributed by atoms with van der Waals surface area (Å²) in [6, 6.07) is 13.2. The maximum Gasteiger partial charge on any atom is 0.415 e. The van der Waals surface area contributed by atoms with Gasteiger partial charge in [-0.3, -0.25) is 9.80 Å². The zero-order valence-corrected chi connectivity index (χ0v) is 23.7. The van der Waals surface area contributed by atoms with Crippen LogP contribution in [-0.2, 0) is 4.74 Å². The van der Waals surface area contributed by atoms with E-state index >= 15 is 0 Å². The Morgan fingerprint density at radius 2 is 1.02 bits per heavy atom. The van der Waals surface area contributed by atoms with Crippen LogP contribution in [-0.4, -0.2) is 85.8 Å². The molecular formula is C28H32Cl2F6N2O3. The summed E-state index contributed by atoms with van der Waals surface area (Å²) in [5, 5.41) is 1.03. The fourth-order valence-electron chi connectivity index (χ4n) is 5.08. The lowest BCUT2D eigenvalue weighted by atomic mass is 10.1. The van der Waals surface area contributed by atoms with Gasteiger partial charge in [-0.05, 0) is 87.3 Å². The lowest BCUT2D eigenvalue weighted by Crippen LogP contribution is -2.54. The number of benzene rings is 2. The number of nitrogens with zero attached hydrogens (tertiary/aromatic N) is 2. The van der Waals surface area contributed by atoms with Crippen LogP contribution in [0.2, 0.25) is 10.0 Å². The number of piperidine rings is 2. The van der Waals surface area contributed by atoms with Gasteiger partial charge in [-0.2, -0.15) is 26.3 Å². The molecule has 4 rings (SSSR count). The number of hydrogen-bond donors (Lipinski definition) is 0. The smallest absolute Gasteiger partial charge is 0.415 e. The van der Waals surface area contributed by atoms with Gasteiger partial charge in [-0.1, -0.05) is 23.2 Å². The van der Waals surface area contributed by atoms with Crippen LogP contribution in [0.1, 0.15) is 25.7 Å². The van der Waals surface area contributed by atoms with Gasteiger partial charge >= 0.3 is 12.4 Å². The molecule has 0 aliphatic carbocycles. The predicted molar refractivity (Wildman–Crippen MR) is 144 cm³/mol. The van der Waals surface area contributed by atoms with Crippen molar-refractivity contribution >= 4 is 23.2 Å². The Balaban J connectivity index is 1.37. The molecule has 2 aliphatic heterocycles. The van der Waals surface area contributed by atoms with Crippen molar-refractivity contribution in [3.8, 4) is 11.5 Å². The first-order valence-electron chi connectivity index (χ1n) is 13.4. The zero-order valence-electron chi connectivity index (χ0n) is 22.1. The second-order valence-electron chi connectivity index (χ2n) is 10.4. The highest BCUT2D eigenvalue weighted by Gasteiger charge is 2.50. The van der Waals surface area contributed by atoms with Crippen molar-refractivity contribution in [2.75, 3.05) is 39.3 Å². The highest BCUT2D eigenvalue weighted by atomic mass is 35.5. The third-order valence-corrected chi connectivity index (χ3v) is 7.57. The first-order valence-corrected chi connectivity index (χ1v) is 14.2. The predicted octanol–water partition coefficient (Wildman–Crippen LogP) is 7.26. The molecule has 2 saturated heterocycles. The molecule has 2 fully saturated rings. The fourth-order valence-corrected chi connectivity index (χ4v) is 5.33. The normalized spacial score (nSPS) is 22.7. The van der Waals surface area contributed by atoms with Gasteiger partial charge in [0.2, 0.25) is 0 Å². The summed E-state index contributed by atoms with van der Waals surface area (Å²) in [6.07, 6.45) is -13.8. The number of ether oxygens (including phenoxy) is 3. The van der Waals surface area contributed by atoms with E-state index in [0.29, 0.717) is 60.3 Å². The van der Waals surface area contributed by atoms with Crippen LogP contribution in [0, 0.1) is 0 Å². The maximum absolute atomic E-state index is 14.0. The molecule has 0 bridgehead atoms. The maximum atomic E-state index is 14.0. The van der Waals surface area contributed by atoms with E-state index in [1.165, 1.54) is 9.80 Å². The largest absolute Gasteiger partial charge is 0.489 e. The van der Waals surface area contributed by atoms with E-state index in [9.17, 15) is 26.3 Å². The first-order chi connectivity index (χ1) is 19.3. The standard InChI is InChI=1S/C28H32Cl2F6N2O3/c29-19-5-9-21(10-6-19)39-23-3-1-13-37(15-23)17-25(27(31,32)33)41-26(28(34,35)36)18-38-14-2-4-24(16-38)40-22-11-7-20(30)8-12-22/h5-12,23-26H,1-4,13-18H2/t23?,24?,25-,26-/m0/s1. The molecule has 2 unspecified atom stereocenters. The summed E-state index contributed by atoms with van der Waals surface area (Å²) in [5.74, 6) is 1.03. The summed E-state index contributed by atoms with van der Waals surface area (Å²) >= 11 is 11.8. The molecule has 0 N–H and O–H groups in total. The van der Waals surface area contributed by atoms with Gasteiger partial charge < -0.3 is 14.2 Å². The van der Waals surface area contributed by atoms with Gasteiger partial charge in [0.1, 0.15) is 23.7 Å². The van der Waals surface area contributed by atoms with Crippen molar-refractivity contribution in [1.29, 1.82) is 0 Å². The minimum absolute atomic E-state index is 0.130. The quantitative estimate of drug-likeness (QED) is 0.259. The van der Waals surface area contributed by atoms with Crippen LogP contribution in [0.4, 0.5) is 26.3 Å². The molecule has 2 aliphatic rings. The van der Waals surface area contributed by atoms with Crippen LogP contribution in [0.15, 0.2) is 48.5 Å². The van der Waals surface area contributed by atoms with Crippen LogP contribution in [0.25, 0.3) is 0 Å². The Kier molecular flexibility index (Phi) is 11.0. The highest BCUT2D eigenvalue weighted by molar-refractivity contribution is 6.30. The number of rotatable bonds is 10. The Morgan fingerprint density at radius 1 is 0.659 bits per heavy atom. The Bertz CT molecular complexity index is 1000. The third-order valence-electron chi connectivity index (χ3n) is 7.06. The second-order valence-corrected chi connectivity index (χ2v) is 11.3. The lowest BCUT2D eigenvalue weighted by Gasteiger charge is -2.38. The van der Waals surface area contributed by atoms with Crippen LogP contribution < -0.4 is 9.47 Å². The van der Waals surface area contributed by atoms with Crippen LogP contribution in [0.5, 0.6) is 11.5 Å². The van der Waals surface area contributed by atoms with E-state index in [2.05, 4.69) is 0 Å². The third kappa shape index (κ3) is 10.1. The average molecular weight is 629 g/mol. The number of hydrogen-bond acceptors (Lipinski definition) is 5. The van der Waals surface area contributed by atoms with Crippen molar-refractivity contribution < 1.29 is 40.6 Å². The molecule has 2 aromatic carbocycles. The van der Waals surface area contributed by atoms with Crippen molar-refractivity contribution in [2.45, 2.75) is 62.5 Å². The van der Waals surface area contributed by atoms with Gasteiger partial charge in [-0.15, -0.1) is 0 Å². The lowest BCUT2D eigenvalue weighted by molar-refractivity contribution is -0.291. The molecule has 2 heterocycles. The number of halogens is 8. The van der Waals surface area contributed by atoms with E-state index in [-0.39, 0.29) is 13.1 Å². The zero-order chi connectivity index (χ0) is 29.6. The first kappa shape index (κ1) is 32.0. The minimum Gasteiger partial charge on any atom is -0.489 e. The molecule has 5 nitrogen and oxygen atoms in total. The van der Waals surface area contributed by atoms with E-state index in [1.807, 2.05) is 0 Å². The fraction of sp³-hybridized carbons (Fsp3) is 0.571. The molecule has 0 spiro atoms.